The average molecular weight is 422 g/mol. The van der Waals surface area contributed by atoms with E-state index >= 15 is 0 Å². The Hall–Kier alpha value is -2.66. The molecule has 0 aromatic heterocycles. The third kappa shape index (κ3) is 7.21. The summed E-state index contributed by atoms with van der Waals surface area (Å²) in [5.41, 5.74) is 2.93. The van der Waals surface area contributed by atoms with Gasteiger partial charge in [-0.2, -0.15) is 0 Å². The highest BCUT2D eigenvalue weighted by atomic mass is 16.2. The van der Waals surface area contributed by atoms with Gasteiger partial charge in [-0.1, -0.05) is 69.2 Å². The minimum absolute atomic E-state index is 0.0105. The highest BCUT2D eigenvalue weighted by Crippen LogP contribution is 2.14. The maximum atomic E-state index is 12.8. The summed E-state index contributed by atoms with van der Waals surface area (Å²) in [4.78, 5) is 27.8. The Labute approximate surface area is 186 Å². The van der Waals surface area contributed by atoms with Crippen molar-refractivity contribution in [2.45, 2.75) is 58.7 Å². The summed E-state index contributed by atoms with van der Waals surface area (Å²) in [5, 5.41) is 5.85. The third-order valence-corrected chi connectivity index (χ3v) is 5.87. The van der Waals surface area contributed by atoms with Crippen LogP contribution in [0.25, 0.3) is 0 Å². The third-order valence-electron chi connectivity index (χ3n) is 5.87. The summed E-state index contributed by atoms with van der Waals surface area (Å²) < 4.78 is 0. The molecule has 1 fully saturated rings. The molecule has 0 saturated carbocycles. The van der Waals surface area contributed by atoms with Crippen LogP contribution in [0.2, 0.25) is 0 Å². The monoisotopic (exact) mass is 421 g/mol. The van der Waals surface area contributed by atoms with Gasteiger partial charge in [0.05, 0.1) is 0 Å². The Morgan fingerprint density at radius 3 is 2.10 bits per heavy atom. The summed E-state index contributed by atoms with van der Waals surface area (Å²) in [6, 6.07) is 16.9. The molecule has 2 aromatic rings. The van der Waals surface area contributed by atoms with E-state index in [2.05, 4.69) is 39.8 Å². The smallest absolute Gasteiger partial charge is 0.251 e. The predicted octanol–water partition coefficient (Wildman–Crippen LogP) is 4.13. The number of nitrogens with one attached hydrogen (secondary N) is 2. The molecule has 2 aromatic carbocycles. The van der Waals surface area contributed by atoms with Crippen molar-refractivity contribution in [1.82, 2.24) is 15.5 Å². The molecular weight excluding hydrogens is 386 g/mol. The molecule has 1 atom stereocenters. The van der Waals surface area contributed by atoms with Crippen molar-refractivity contribution in [3.63, 3.8) is 0 Å². The van der Waals surface area contributed by atoms with Crippen molar-refractivity contribution in [2.24, 2.45) is 5.92 Å². The van der Waals surface area contributed by atoms with Crippen molar-refractivity contribution in [2.75, 3.05) is 13.1 Å². The zero-order valence-electron chi connectivity index (χ0n) is 18.8. The van der Waals surface area contributed by atoms with Gasteiger partial charge in [-0.3, -0.25) is 14.5 Å². The molecule has 2 N–H and O–H groups in total. The molecule has 0 radical (unpaired) electrons. The molecule has 0 bridgehead atoms. The molecule has 0 spiro atoms. The molecule has 1 saturated heterocycles. The van der Waals surface area contributed by atoms with E-state index < -0.39 is 6.04 Å². The minimum atomic E-state index is -0.574. The fourth-order valence-electron chi connectivity index (χ4n) is 3.96. The van der Waals surface area contributed by atoms with E-state index in [1.165, 1.54) is 44.3 Å². The molecular formula is C26H35N3O2. The highest BCUT2D eigenvalue weighted by molar-refractivity contribution is 5.97. The van der Waals surface area contributed by atoms with Crippen LogP contribution in [-0.2, 0) is 17.9 Å². The van der Waals surface area contributed by atoms with Gasteiger partial charge < -0.3 is 10.6 Å². The average Bonchev–Trinajstić information content (AvgIpc) is 3.05. The molecule has 31 heavy (non-hydrogen) atoms. The van der Waals surface area contributed by atoms with Crippen molar-refractivity contribution in [3.05, 3.63) is 71.3 Å². The first-order valence-electron chi connectivity index (χ1n) is 11.5. The van der Waals surface area contributed by atoms with Crippen molar-refractivity contribution >= 4 is 11.8 Å². The second kappa shape index (κ2) is 11.7. The lowest BCUT2D eigenvalue weighted by molar-refractivity contribution is -0.124. The lowest BCUT2D eigenvalue weighted by atomic mass is 10.0. The number of amides is 2. The molecule has 166 valence electrons. The molecule has 5 heteroatoms. The van der Waals surface area contributed by atoms with E-state index in [4.69, 9.17) is 0 Å². The maximum absolute atomic E-state index is 12.8. The van der Waals surface area contributed by atoms with Gasteiger partial charge in [0.15, 0.2) is 0 Å². The fraction of sp³-hybridized carbons (Fsp3) is 0.462. The Bertz CT molecular complexity index is 825. The molecule has 2 amide bonds. The first kappa shape index (κ1) is 23.0. The second-order valence-corrected chi connectivity index (χ2v) is 8.79. The Morgan fingerprint density at radius 2 is 1.48 bits per heavy atom. The van der Waals surface area contributed by atoms with Gasteiger partial charge >= 0.3 is 0 Å². The van der Waals surface area contributed by atoms with Crippen LogP contribution in [0.5, 0.6) is 0 Å². The zero-order valence-corrected chi connectivity index (χ0v) is 18.8. The summed E-state index contributed by atoms with van der Waals surface area (Å²) >= 11 is 0. The summed E-state index contributed by atoms with van der Waals surface area (Å²) in [5.74, 6) is -0.399. The maximum Gasteiger partial charge on any atom is 0.251 e. The van der Waals surface area contributed by atoms with E-state index in [-0.39, 0.29) is 17.7 Å². The van der Waals surface area contributed by atoms with E-state index in [1.807, 2.05) is 32.0 Å². The van der Waals surface area contributed by atoms with Crippen molar-refractivity contribution in [3.8, 4) is 0 Å². The van der Waals surface area contributed by atoms with Crippen LogP contribution in [0.15, 0.2) is 54.6 Å². The molecule has 0 aliphatic carbocycles. The van der Waals surface area contributed by atoms with Gasteiger partial charge in [0.1, 0.15) is 6.04 Å². The molecule has 3 rings (SSSR count). The first-order chi connectivity index (χ1) is 15.0. The predicted molar refractivity (Wildman–Crippen MR) is 125 cm³/mol. The fourth-order valence-corrected chi connectivity index (χ4v) is 3.96. The van der Waals surface area contributed by atoms with Crippen LogP contribution >= 0.6 is 0 Å². The van der Waals surface area contributed by atoms with E-state index in [1.54, 1.807) is 12.1 Å². The molecule has 1 heterocycles. The quantitative estimate of drug-likeness (QED) is 0.674. The normalized spacial score (nSPS) is 15.8. The minimum Gasteiger partial charge on any atom is -0.350 e. The Morgan fingerprint density at radius 1 is 0.871 bits per heavy atom. The SMILES string of the molecule is CC(C)C(NC(=O)c1ccccc1)C(=O)NCc1ccc(CN2CCCCCC2)cc1. The van der Waals surface area contributed by atoms with E-state index in [0.29, 0.717) is 12.1 Å². The number of carbonyl (C=O) groups excluding carboxylic acids is 2. The van der Waals surface area contributed by atoms with Crippen LogP contribution in [-0.4, -0.2) is 35.8 Å². The largest absolute Gasteiger partial charge is 0.350 e. The van der Waals surface area contributed by atoms with Gasteiger partial charge in [0.25, 0.3) is 5.91 Å². The number of nitrogens with zero attached hydrogens (tertiary/aromatic N) is 1. The summed E-state index contributed by atoms with van der Waals surface area (Å²) in [6.45, 7) is 7.69. The van der Waals surface area contributed by atoms with Crippen LogP contribution in [0.3, 0.4) is 0 Å². The lowest BCUT2D eigenvalue weighted by Gasteiger charge is -2.22. The first-order valence-corrected chi connectivity index (χ1v) is 11.5. The molecule has 5 nitrogen and oxygen atoms in total. The topological polar surface area (TPSA) is 61.4 Å². The van der Waals surface area contributed by atoms with Gasteiger partial charge in [-0.05, 0) is 55.1 Å². The molecule has 1 aliphatic heterocycles. The van der Waals surface area contributed by atoms with Crippen LogP contribution < -0.4 is 10.6 Å². The van der Waals surface area contributed by atoms with E-state index in [9.17, 15) is 9.59 Å². The Balaban J connectivity index is 1.51. The Kier molecular flexibility index (Phi) is 8.65. The lowest BCUT2D eigenvalue weighted by Crippen LogP contribution is -2.49. The number of carbonyl (C=O) groups is 2. The van der Waals surface area contributed by atoms with Crippen molar-refractivity contribution in [1.29, 1.82) is 0 Å². The number of hydrogen-bond donors (Lipinski definition) is 2. The number of benzene rings is 2. The van der Waals surface area contributed by atoms with Gasteiger partial charge in [0.2, 0.25) is 5.91 Å². The van der Waals surface area contributed by atoms with E-state index in [0.717, 1.165) is 12.1 Å². The van der Waals surface area contributed by atoms with Gasteiger partial charge in [-0.25, -0.2) is 0 Å². The highest BCUT2D eigenvalue weighted by Gasteiger charge is 2.24. The van der Waals surface area contributed by atoms with Crippen LogP contribution in [0.1, 0.15) is 61.0 Å². The summed E-state index contributed by atoms with van der Waals surface area (Å²) in [7, 11) is 0. The summed E-state index contributed by atoms with van der Waals surface area (Å²) in [6.07, 6.45) is 5.28. The zero-order chi connectivity index (χ0) is 22.1. The number of likely N-dealkylation sites (tertiary alicyclic amines) is 1. The number of rotatable bonds is 8. The van der Waals surface area contributed by atoms with Crippen LogP contribution in [0, 0.1) is 5.92 Å². The van der Waals surface area contributed by atoms with Gasteiger partial charge in [-0.15, -0.1) is 0 Å². The molecule has 1 aliphatic rings. The standard InChI is InChI=1S/C26H35N3O2/c1-20(2)24(28-25(30)23-10-6-5-7-11-23)26(31)27-18-21-12-14-22(15-13-21)19-29-16-8-3-4-9-17-29/h5-7,10-15,20,24H,3-4,8-9,16-19H2,1-2H3,(H,27,31)(H,28,30). The number of hydrogen-bond acceptors (Lipinski definition) is 3. The molecule has 1 unspecified atom stereocenters. The van der Waals surface area contributed by atoms with Crippen molar-refractivity contribution < 1.29 is 9.59 Å². The van der Waals surface area contributed by atoms with Gasteiger partial charge in [0, 0.05) is 18.7 Å². The van der Waals surface area contributed by atoms with Crippen LogP contribution in [0.4, 0.5) is 0 Å². The second-order valence-electron chi connectivity index (χ2n) is 8.79.